The predicted molar refractivity (Wildman–Crippen MR) is 111 cm³/mol. The molecular weight excluding hydrogens is 366 g/mol. The number of benzene rings is 2. The fourth-order valence-corrected chi connectivity index (χ4v) is 4.76. The summed E-state index contributed by atoms with van der Waals surface area (Å²) in [5.74, 6) is -0.527. The van der Waals surface area contributed by atoms with Gasteiger partial charge in [0, 0.05) is 19.5 Å². The lowest BCUT2D eigenvalue weighted by Crippen LogP contribution is -2.35. The Hall–Kier alpha value is -2.82. The molecule has 1 N–H and O–H groups in total. The summed E-state index contributed by atoms with van der Waals surface area (Å²) in [7, 11) is 1.77. The lowest BCUT2D eigenvalue weighted by Gasteiger charge is -2.29. The molecule has 5 nitrogen and oxygen atoms in total. The molecule has 2 aliphatic rings. The molecule has 0 saturated heterocycles. The molecular formula is C24H27NO4. The van der Waals surface area contributed by atoms with Crippen molar-refractivity contribution in [2.75, 3.05) is 20.2 Å². The van der Waals surface area contributed by atoms with Gasteiger partial charge in [0.1, 0.15) is 6.61 Å². The number of ether oxygens (including phenoxy) is 1. The highest BCUT2D eigenvalue weighted by Gasteiger charge is 2.30. The molecule has 0 atom stereocenters. The molecule has 0 aromatic heterocycles. The second-order valence-electron chi connectivity index (χ2n) is 8.24. The Morgan fingerprint density at radius 3 is 2.07 bits per heavy atom. The minimum atomic E-state index is -0.701. The average Bonchev–Trinajstić information content (AvgIpc) is 3.06. The normalized spacial score (nSPS) is 20.6. The van der Waals surface area contributed by atoms with Gasteiger partial charge in [-0.2, -0.15) is 0 Å². The number of carbonyl (C=O) groups excluding carboxylic acids is 1. The third-order valence-electron chi connectivity index (χ3n) is 6.38. The molecule has 0 aliphatic heterocycles. The zero-order chi connectivity index (χ0) is 20.4. The molecule has 2 aromatic rings. The van der Waals surface area contributed by atoms with Crippen LogP contribution >= 0.6 is 0 Å². The van der Waals surface area contributed by atoms with E-state index in [1.54, 1.807) is 11.9 Å². The van der Waals surface area contributed by atoms with Crippen LogP contribution < -0.4 is 0 Å². The molecule has 1 saturated carbocycles. The number of aliphatic carboxylic acids is 1. The SMILES string of the molecule is CN(CC1CCC(C(=O)O)CC1)C(=O)OCC1c2ccccc2-c2ccccc21. The largest absolute Gasteiger partial charge is 0.481 e. The number of rotatable bonds is 5. The predicted octanol–water partition coefficient (Wildman–Crippen LogP) is 4.76. The van der Waals surface area contributed by atoms with Gasteiger partial charge >= 0.3 is 12.1 Å². The molecule has 1 amide bonds. The van der Waals surface area contributed by atoms with E-state index in [4.69, 9.17) is 9.84 Å². The van der Waals surface area contributed by atoms with Crippen LogP contribution in [0.4, 0.5) is 4.79 Å². The van der Waals surface area contributed by atoms with Crippen LogP contribution in [0.3, 0.4) is 0 Å². The van der Waals surface area contributed by atoms with E-state index in [0.717, 1.165) is 12.8 Å². The van der Waals surface area contributed by atoms with Crippen LogP contribution in [0.5, 0.6) is 0 Å². The van der Waals surface area contributed by atoms with Crippen molar-refractivity contribution < 1.29 is 19.4 Å². The van der Waals surface area contributed by atoms with Gasteiger partial charge in [0.2, 0.25) is 0 Å². The van der Waals surface area contributed by atoms with E-state index in [1.165, 1.54) is 22.3 Å². The van der Waals surface area contributed by atoms with Crippen molar-refractivity contribution in [3.63, 3.8) is 0 Å². The highest BCUT2D eigenvalue weighted by atomic mass is 16.6. The number of hydrogen-bond donors (Lipinski definition) is 1. The summed E-state index contributed by atoms with van der Waals surface area (Å²) in [6.07, 6.45) is 2.76. The van der Waals surface area contributed by atoms with Gasteiger partial charge in [-0.15, -0.1) is 0 Å². The van der Waals surface area contributed by atoms with Crippen LogP contribution in [-0.4, -0.2) is 42.3 Å². The third-order valence-corrected chi connectivity index (χ3v) is 6.38. The van der Waals surface area contributed by atoms with Crippen LogP contribution in [0.1, 0.15) is 42.7 Å². The number of carboxylic acid groups (broad SMARTS) is 1. The summed E-state index contributed by atoms with van der Waals surface area (Å²) in [4.78, 5) is 25.3. The number of fused-ring (bicyclic) bond motifs is 3. The molecule has 29 heavy (non-hydrogen) atoms. The third kappa shape index (κ3) is 4.00. The van der Waals surface area contributed by atoms with Gasteiger partial charge in [-0.05, 0) is 53.9 Å². The zero-order valence-corrected chi connectivity index (χ0v) is 16.7. The fraction of sp³-hybridized carbons (Fsp3) is 0.417. The first-order valence-corrected chi connectivity index (χ1v) is 10.3. The van der Waals surface area contributed by atoms with Crippen molar-refractivity contribution in [2.45, 2.75) is 31.6 Å². The summed E-state index contributed by atoms with van der Waals surface area (Å²) >= 11 is 0. The van der Waals surface area contributed by atoms with E-state index in [9.17, 15) is 9.59 Å². The highest BCUT2D eigenvalue weighted by molar-refractivity contribution is 5.79. The van der Waals surface area contributed by atoms with E-state index >= 15 is 0 Å². The molecule has 2 aromatic carbocycles. The maximum atomic E-state index is 12.6. The van der Waals surface area contributed by atoms with Crippen LogP contribution in [0, 0.1) is 11.8 Å². The van der Waals surface area contributed by atoms with Crippen molar-refractivity contribution in [1.82, 2.24) is 4.90 Å². The second-order valence-corrected chi connectivity index (χ2v) is 8.24. The number of carbonyl (C=O) groups is 2. The molecule has 0 spiro atoms. The van der Waals surface area contributed by atoms with Crippen molar-refractivity contribution >= 4 is 12.1 Å². The first-order chi connectivity index (χ1) is 14.0. The zero-order valence-electron chi connectivity index (χ0n) is 16.7. The van der Waals surface area contributed by atoms with Crippen molar-refractivity contribution in [2.24, 2.45) is 11.8 Å². The number of nitrogens with zero attached hydrogens (tertiary/aromatic N) is 1. The smallest absolute Gasteiger partial charge is 0.409 e. The Labute approximate surface area is 171 Å². The number of carboxylic acids is 1. The Bertz CT molecular complexity index is 856. The van der Waals surface area contributed by atoms with Crippen molar-refractivity contribution in [1.29, 1.82) is 0 Å². The van der Waals surface area contributed by atoms with Crippen LogP contribution in [0.25, 0.3) is 11.1 Å². The Balaban J connectivity index is 1.35. The van der Waals surface area contributed by atoms with Gasteiger partial charge in [-0.3, -0.25) is 4.79 Å². The monoisotopic (exact) mass is 393 g/mol. The van der Waals surface area contributed by atoms with Gasteiger partial charge in [0.25, 0.3) is 0 Å². The van der Waals surface area contributed by atoms with Crippen molar-refractivity contribution in [3.05, 3.63) is 59.7 Å². The van der Waals surface area contributed by atoms with Crippen molar-refractivity contribution in [3.8, 4) is 11.1 Å². The van der Waals surface area contributed by atoms with E-state index in [0.29, 0.717) is 31.9 Å². The molecule has 1 fully saturated rings. The lowest BCUT2D eigenvalue weighted by atomic mass is 9.82. The maximum Gasteiger partial charge on any atom is 0.409 e. The van der Waals surface area contributed by atoms with Gasteiger partial charge < -0.3 is 14.7 Å². The molecule has 0 heterocycles. The molecule has 4 rings (SSSR count). The standard InChI is InChI=1S/C24H27NO4/c1-25(14-16-10-12-17(13-11-16)23(26)27)24(28)29-15-22-20-8-4-2-6-18(20)19-7-3-5-9-21(19)22/h2-9,16-17,22H,10-15H2,1H3,(H,26,27). The van der Waals surface area contributed by atoms with Crippen LogP contribution in [-0.2, 0) is 9.53 Å². The van der Waals surface area contributed by atoms with E-state index in [-0.39, 0.29) is 17.9 Å². The summed E-state index contributed by atoms with van der Waals surface area (Å²) in [5.41, 5.74) is 4.84. The molecule has 152 valence electrons. The van der Waals surface area contributed by atoms with E-state index in [2.05, 4.69) is 24.3 Å². The second kappa shape index (κ2) is 8.27. The van der Waals surface area contributed by atoms with Gasteiger partial charge in [-0.25, -0.2) is 4.79 Å². The lowest BCUT2D eigenvalue weighted by molar-refractivity contribution is -0.143. The van der Waals surface area contributed by atoms with Gasteiger partial charge in [0.05, 0.1) is 5.92 Å². The van der Waals surface area contributed by atoms with Crippen LogP contribution in [0.15, 0.2) is 48.5 Å². The number of amides is 1. The summed E-state index contributed by atoms with van der Waals surface area (Å²) < 4.78 is 5.70. The summed E-state index contributed by atoms with van der Waals surface area (Å²) in [5, 5.41) is 9.12. The quantitative estimate of drug-likeness (QED) is 0.795. The van der Waals surface area contributed by atoms with Gasteiger partial charge in [-0.1, -0.05) is 48.5 Å². The van der Waals surface area contributed by atoms with Gasteiger partial charge in [0.15, 0.2) is 0 Å². The molecule has 2 aliphatic carbocycles. The Kier molecular flexibility index (Phi) is 5.56. The Morgan fingerprint density at radius 2 is 1.52 bits per heavy atom. The summed E-state index contributed by atoms with van der Waals surface area (Å²) in [6.45, 7) is 0.936. The number of hydrogen-bond acceptors (Lipinski definition) is 3. The maximum absolute atomic E-state index is 12.6. The topological polar surface area (TPSA) is 66.8 Å². The average molecular weight is 393 g/mol. The highest BCUT2D eigenvalue weighted by Crippen LogP contribution is 2.44. The van der Waals surface area contributed by atoms with E-state index in [1.807, 2.05) is 24.3 Å². The minimum absolute atomic E-state index is 0.0609. The molecule has 0 unspecified atom stereocenters. The summed E-state index contributed by atoms with van der Waals surface area (Å²) in [6, 6.07) is 16.6. The molecule has 0 bridgehead atoms. The fourth-order valence-electron chi connectivity index (χ4n) is 4.76. The Morgan fingerprint density at radius 1 is 0.966 bits per heavy atom. The first kappa shape index (κ1) is 19.5. The van der Waals surface area contributed by atoms with E-state index < -0.39 is 5.97 Å². The van der Waals surface area contributed by atoms with Crippen LogP contribution in [0.2, 0.25) is 0 Å². The molecule has 5 heteroatoms. The minimum Gasteiger partial charge on any atom is -0.481 e. The first-order valence-electron chi connectivity index (χ1n) is 10.3. The molecule has 0 radical (unpaired) electrons.